The number of anilines is 1. The molecule has 1 fully saturated rings. The second kappa shape index (κ2) is 13.5. The summed E-state index contributed by atoms with van der Waals surface area (Å²) < 4.78 is 25.3. The minimum atomic E-state index is -2.08. The molecular formula is C35H29N5O7. The molecule has 236 valence electrons. The molecule has 0 saturated carbocycles. The van der Waals surface area contributed by atoms with Crippen LogP contribution in [-0.4, -0.2) is 57.4 Å². The molecule has 1 saturated heterocycles. The van der Waals surface area contributed by atoms with E-state index in [2.05, 4.69) is 16.2 Å². The summed E-state index contributed by atoms with van der Waals surface area (Å²) in [5.41, 5.74) is 6.13. The van der Waals surface area contributed by atoms with Crippen LogP contribution >= 0.6 is 0 Å². The lowest BCUT2D eigenvalue weighted by atomic mass is 9.92. The molecule has 47 heavy (non-hydrogen) atoms. The van der Waals surface area contributed by atoms with Crippen LogP contribution in [0.5, 0.6) is 0 Å². The first-order chi connectivity index (χ1) is 22.9. The minimum absolute atomic E-state index is 0.115. The smallest absolute Gasteiger partial charge is 0.338 e. The molecule has 5 aromatic rings. The summed E-state index contributed by atoms with van der Waals surface area (Å²) in [6, 6.07) is 31.4. The summed E-state index contributed by atoms with van der Waals surface area (Å²) in [6.07, 6.45) is -3.17. The van der Waals surface area contributed by atoms with Crippen LogP contribution < -0.4 is 5.73 Å². The number of nitriles is 1. The first-order valence-corrected chi connectivity index (χ1v) is 14.7. The molecule has 0 amide bonds. The van der Waals surface area contributed by atoms with E-state index in [1.165, 1.54) is 10.8 Å². The van der Waals surface area contributed by atoms with Crippen LogP contribution in [0.15, 0.2) is 109 Å². The SMILES string of the molecule is N#C[C@@]1(c2ccc3c(N)ncnn23)O[C@H](COC(=O)c2ccccc2)[C@@H](OC(=O)Cc2ccccc2)[C@H]1OC(=O)Cc1ccccc1. The third-order valence-electron chi connectivity index (χ3n) is 7.73. The largest absolute Gasteiger partial charge is 0.459 e. The number of nitrogens with two attached hydrogens (primary N) is 1. The van der Waals surface area contributed by atoms with Gasteiger partial charge in [0.25, 0.3) is 0 Å². The van der Waals surface area contributed by atoms with Crippen molar-refractivity contribution in [2.24, 2.45) is 0 Å². The van der Waals surface area contributed by atoms with Gasteiger partial charge in [0.15, 0.2) is 18.0 Å². The van der Waals surface area contributed by atoms with Gasteiger partial charge in [-0.05, 0) is 35.4 Å². The Labute approximate surface area is 269 Å². The van der Waals surface area contributed by atoms with Crippen LogP contribution in [0.1, 0.15) is 27.2 Å². The number of fused-ring (bicyclic) bond motifs is 1. The van der Waals surface area contributed by atoms with Crippen molar-refractivity contribution < 1.29 is 33.3 Å². The monoisotopic (exact) mass is 631 g/mol. The van der Waals surface area contributed by atoms with Gasteiger partial charge in [0.2, 0.25) is 5.60 Å². The van der Waals surface area contributed by atoms with Crippen LogP contribution in [0.4, 0.5) is 5.82 Å². The van der Waals surface area contributed by atoms with Gasteiger partial charge in [-0.25, -0.2) is 14.3 Å². The van der Waals surface area contributed by atoms with E-state index >= 15 is 0 Å². The quantitative estimate of drug-likeness (QED) is 0.177. The number of hydrogen-bond acceptors (Lipinski definition) is 11. The Kier molecular flexibility index (Phi) is 8.90. The van der Waals surface area contributed by atoms with E-state index in [9.17, 15) is 19.6 Å². The van der Waals surface area contributed by atoms with Gasteiger partial charge >= 0.3 is 17.9 Å². The fourth-order valence-corrected chi connectivity index (χ4v) is 5.52. The van der Waals surface area contributed by atoms with Crippen molar-refractivity contribution in [1.82, 2.24) is 14.6 Å². The molecular weight excluding hydrogens is 602 g/mol. The minimum Gasteiger partial charge on any atom is -0.459 e. The van der Waals surface area contributed by atoms with Crippen molar-refractivity contribution in [2.75, 3.05) is 12.3 Å². The highest BCUT2D eigenvalue weighted by molar-refractivity contribution is 5.89. The highest BCUT2D eigenvalue weighted by Gasteiger charge is 2.62. The topological polar surface area (TPSA) is 168 Å². The maximum absolute atomic E-state index is 13.5. The number of carbonyl (C=O) groups is 3. The van der Waals surface area contributed by atoms with Gasteiger partial charge < -0.3 is 24.7 Å². The fourth-order valence-electron chi connectivity index (χ4n) is 5.52. The van der Waals surface area contributed by atoms with E-state index in [4.69, 9.17) is 24.7 Å². The number of rotatable bonds is 10. The van der Waals surface area contributed by atoms with Crippen molar-refractivity contribution in [3.05, 3.63) is 132 Å². The fraction of sp³-hybridized carbons (Fsp3) is 0.200. The summed E-state index contributed by atoms with van der Waals surface area (Å²) in [5.74, 6) is -1.91. The number of carbonyl (C=O) groups excluding carboxylic acids is 3. The summed E-state index contributed by atoms with van der Waals surface area (Å²) in [4.78, 5) is 43.8. The maximum Gasteiger partial charge on any atom is 0.338 e. The van der Waals surface area contributed by atoms with E-state index in [0.717, 1.165) is 0 Å². The summed E-state index contributed by atoms with van der Waals surface area (Å²) >= 11 is 0. The standard InChI is InChI=1S/C35H29N5O7/c36-21-35(28-17-16-26-33(37)38-22-39-40(26)28)32(46-30(42)19-24-12-6-2-7-13-24)31(45-29(41)18-23-10-4-1-5-11-23)27(47-35)20-44-34(43)25-14-8-3-9-15-25/h1-17,22,27,31-32H,18-20H2,(H2,37,38,39)/t27-,31-,32-,35+/m1/s1. The zero-order chi connectivity index (χ0) is 32.8. The van der Waals surface area contributed by atoms with Crippen LogP contribution in [0.25, 0.3) is 5.52 Å². The lowest BCUT2D eigenvalue weighted by Gasteiger charge is -2.28. The van der Waals surface area contributed by atoms with Crippen LogP contribution in [-0.2, 0) is 47.0 Å². The highest BCUT2D eigenvalue weighted by Crippen LogP contribution is 2.44. The third-order valence-corrected chi connectivity index (χ3v) is 7.73. The Morgan fingerprint density at radius 2 is 1.45 bits per heavy atom. The number of hydrogen-bond donors (Lipinski definition) is 1. The molecule has 4 atom stereocenters. The van der Waals surface area contributed by atoms with Crippen molar-refractivity contribution >= 4 is 29.2 Å². The zero-order valence-electron chi connectivity index (χ0n) is 25.0. The summed E-state index contributed by atoms with van der Waals surface area (Å²) in [6.45, 7) is -0.437. The molecule has 3 heterocycles. The molecule has 1 aliphatic rings. The molecule has 0 aliphatic carbocycles. The molecule has 0 radical (unpaired) electrons. The molecule has 0 spiro atoms. The Morgan fingerprint density at radius 1 is 0.851 bits per heavy atom. The number of aromatic nitrogens is 3. The number of ether oxygens (including phenoxy) is 4. The summed E-state index contributed by atoms with van der Waals surface area (Å²) in [5, 5.41) is 15.1. The van der Waals surface area contributed by atoms with Crippen LogP contribution in [0.3, 0.4) is 0 Å². The predicted molar refractivity (Wildman–Crippen MR) is 166 cm³/mol. The first kappa shape index (κ1) is 30.9. The van der Waals surface area contributed by atoms with Crippen molar-refractivity contribution in [3.8, 4) is 6.07 Å². The summed E-state index contributed by atoms with van der Waals surface area (Å²) in [7, 11) is 0. The number of nitrogen functional groups attached to an aromatic ring is 1. The van der Waals surface area contributed by atoms with E-state index < -0.39 is 48.4 Å². The zero-order valence-corrected chi connectivity index (χ0v) is 25.0. The number of nitrogens with zero attached hydrogens (tertiary/aromatic N) is 4. The van der Waals surface area contributed by atoms with Gasteiger partial charge in [0.05, 0.1) is 24.1 Å². The lowest BCUT2D eigenvalue weighted by Crippen LogP contribution is -2.46. The highest BCUT2D eigenvalue weighted by atomic mass is 16.7. The van der Waals surface area contributed by atoms with E-state index in [1.807, 2.05) is 12.1 Å². The average Bonchev–Trinajstić information content (AvgIpc) is 3.65. The van der Waals surface area contributed by atoms with Gasteiger partial charge in [0, 0.05) is 0 Å². The molecule has 6 rings (SSSR count). The molecule has 1 aliphatic heterocycles. The van der Waals surface area contributed by atoms with E-state index in [0.29, 0.717) is 16.6 Å². The van der Waals surface area contributed by atoms with Gasteiger partial charge in [-0.3, -0.25) is 9.59 Å². The maximum atomic E-state index is 13.5. The van der Waals surface area contributed by atoms with Crippen molar-refractivity contribution in [2.45, 2.75) is 36.8 Å². The second-order valence-electron chi connectivity index (χ2n) is 10.8. The Bertz CT molecular complexity index is 1930. The van der Waals surface area contributed by atoms with Gasteiger partial charge in [-0.2, -0.15) is 10.4 Å². The van der Waals surface area contributed by atoms with E-state index in [1.54, 1.807) is 91.0 Å². The van der Waals surface area contributed by atoms with Crippen molar-refractivity contribution in [1.29, 1.82) is 5.26 Å². The third kappa shape index (κ3) is 6.51. The Balaban J connectivity index is 1.39. The van der Waals surface area contributed by atoms with Gasteiger partial charge in [0.1, 0.15) is 30.6 Å². The van der Waals surface area contributed by atoms with Crippen LogP contribution in [0, 0.1) is 11.3 Å². The van der Waals surface area contributed by atoms with Gasteiger partial charge in [-0.15, -0.1) is 0 Å². The molecule has 2 aromatic heterocycles. The molecule has 12 heteroatoms. The van der Waals surface area contributed by atoms with Crippen LogP contribution in [0.2, 0.25) is 0 Å². The Hall–Kier alpha value is -6.06. The van der Waals surface area contributed by atoms with Gasteiger partial charge in [-0.1, -0.05) is 78.9 Å². The molecule has 0 bridgehead atoms. The molecule has 0 unspecified atom stereocenters. The molecule has 2 N–H and O–H groups in total. The average molecular weight is 632 g/mol. The normalized spacial score (nSPS) is 20.3. The predicted octanol–water partition coefficient (Wildman–Crippen LogP) is 3.60. The second-order valence-corrected chi connectivity index (χ2v) is 10.8. The molecule has 3 aromatic carbocycles. The number of benzene rings is 3. The first-order valence-electron chi connectivity index (χ1n) is 14.7. The Morgan fingerprint density at radius 3 is 2.06 bits per heavy atom. The lowest BCUT2D eigenvalue weighted by molar-refractivity contribution is -0.168. The van der Waals surface area contributed by atoms with E-state index in [-0.39, 0.29) is 29.9 Å². The molecule has 12 nitrogen and oxygen atoms in total. The van der Waals surface area contributed by atoms with Crippen molar-refractivity contribution in [3.63, 3.8) is 0 Å². The number of esters is 3.